The largest absolute Gasteiger partial charge is 0.507 e. The zero-order valence-corrected chi connectivity index (χ0v) is 13.2. The van der Waals surface area contributed by atoms with E-state index in [1.54, 1.807) is 12.1 Å². The van der Waals surface area contributed by atoms with Gasteiger partial charge in [0.2, 0.25) is 0 Å². The number of halogens is 3. The molecule has 0 radical (unpaired) electrons. The van der Waals surface area contributed by atoms with E-state index in [1.165, 1.54) is 11.0 Å². The van der Waals surface area contributed by atoms with Crippen molar-refractivity contribution >= 4 is 10.9 Å². The SMILES string of the molecule is C=CCN(CCc1c(C)[nH]c2cccc(O)c12)C(C)C(F)(F)F. The van der Waals surface area contributed by atoms with Crippen molar-refractivity contribution in [2.75, 3.05) is 13.1 Å². The highest BCUT2D eigenvalue weighted by molar-refractivity contribution is 5.90. The van der Waals surface area contributed by atoms with Crippen molar-refractivity contribution in [3.8, 4) is 5.75 Å². The maximum absolute atomic E-state index is 13.0. The van der Waals surface area contributed by atoms with Gasteiger partial charge in [-0.25, -0.2) is 0 Å². The zero-order chi connectivity index (χ0) is 17.2. The minimum atomic E-state index is -4.28. The molecule has 6 heteroatoms. The lowest BCUT2D eigenvalue weighted by molar-refractivity contribution is -0.177. The Morgan fingerprint density at radius 2 is 2.09 bits per heavy atom. The van der Waals surface area contributed by atoms with Crippen molar-refractivity contribution in [2.24, 2.45) is 0 Å². The molecule has 2 N–H and O–H groups in total. The molecule has 0 spiro atoms. The third-order valence-electron chi connectivity index (χ3n) is 4.15. The molecule has 0 aliphatic rings. The van der Waals surface area contributed by atoms with Crippen LogP contribution in [0, 0.1) is 6.92 Å². The standard InChI is InChI=1S/C17H21F3N2O/c1-4-9-22(12(3)17(18,19)20)10-8-13-11(2)21-14-6-5-7-15(23)16(13)14/h4-7,12,21,23H,1,8-10H2,2-3H3. The molecule has 0 aliphatic carbocycles. The Balaban J connectivity index is 2.24. The van der Waals surface area contributed by atoms with Crippen molar-refractivity contribution in [1.82, 2.24) is 9.88 Å². The van der Waals surface area contributed by atoms with Gasteiger partial charge in [-0.3, -0.25) is 4.90 Å². The molecule has 0 bridgehead atoms. The fourth-order valence-corrected chi connectivity index (χ4v) is 2.81. The molecule has 0 aliphatic heterocycles. The van der Waals surface area contributed by atoms with E-state index in [1.807, 2.05) is 13.0 Å². The predicted molar refractivity (Wildman–Crippen MR) is 85.7 cm³/mol. The molecule has 1 atom stereocenters. The minimum Gasteiger partial charge on any atom is -0.507 e. The number of nitrogens with zero attached hydrogens (tertiary/aromatic N) is 1. The molecular formula is C17H21F3N2O. The smallest absolute Gasteiger partial charge is 0.403 e. The first-order valence-electron chi connectivity index (χ1n) is 7.46. The molecule has 1 unspecified atom stereocenters. The second-order valence-electron chi connectivity index (χ2n) is 5.68. The average Bonchev–Trinajstić information content (AvgIpc) is 2.79. The fourth-order valence-electron chi connectivity index (χ4n) is 2.81. The number of hydrogen-bond donors (Lipinski definition) is 2. The van der Waals surface area contributed by atoms with Crippen LogP contribution in [0.5, 0.6) is 5.75 Å². The summed E-state index contributed by atoms with van der Waals surface area (Å²) in [6, 6.07) is 3.61. The molecule has 23 heavy (non-hydrogen) atoms. The van der Waals surface area contributed by atoms with Crippen LogP contribution in [0.2, 0.25) is 0 Å². The molecule has 0 saturated carbocycles. The number of aromatic amines is 1. The number of aromatic hydroxyl groups is 1. The molecule has 2 aromatic rings. The normalized spacial score (nSPS) is 13.7. The highest BCUT2D eigenvalue weighted by Crippen LogP contribution is 2.31. The van der Waals surface area contributed by atoms with Gasteiger partial charge in [-0.05, 0) is 38.0 Å². The molecule has 126 valence electrons. The summed E-state index contributed by atoms with van der Waals surface area (Å²) in [4.78, 5) is 4.50. The maximum atomic E-state index is 13.0. The number of alkyl halides is 3. The predicted octanol–water partition coefficient (Wildman–Crippen LogP) is 4.16. The minimum absolute atomic E-state index is 0.140. The van der Waals surface area contributed by atoms with E-state index in [0.717, 1.165) is 23.7 Å². The van der Waals surface area contributed by atoms with Crippen LogP contribution in [-0.2, 0) is 6.42 Å². The number of hydrogen-bond acceptors (Lipinski definition) is 2. The highest BCUT2D eigenvalue weighted by Gasteiger charge is 2.39. The highest BCUT2D eigenvalue weighted by atomic mass is 19.4. The first-order chi connectivity index (χ1) is 10.8. The summed E-state index contributed by atoms with van der Waals surface area (Å²) >= 11 is 0. The van der Waals surface area contributed by atoms with Crippen molar-refractivity contribution < 1.29 is 18.3 Å². The van der Waals surface area contributed by atoms with Crippen LogP contribution in [0.15, 0.2) is 30.9 Å². The van der Waals surface area contributed by atoms with Crippen LogP contribution < -0.4 is 0 Å². The van der Waals surface area contributed by atoms with Crippen LogP contribution in [-0.4, -0.2) is 40.3 Å². The quantitative estimate of drug-likeness (QED) is 0.782. The topological polar surface area (TPSA) is 39.3 Å². The molecule has 3 nitrogen and oxygen atoms in total. The first-order valence-corrected chi connectivity index (χ1v) is 7.46. The Morgan fingerprint density at radius 3 is 2.70 bits per heavy atom. The summed E-state index contributed by atoms with van der Waals surface area (Å²) in [5.41, 5.74) is 2.50. The summed E-state index contributed by atoms with van der Waals surface area (Å²) in [6.45, 7) is 6.94. The van der Waals surface area contributed by atoms with Crippen molar-refractivity contribution in [1.29, 1.82) is 0 Å². The van der Waals surface area contributed by atoms with E-state index in [-0.39, 0.29) is 18.8 Å². The maximum Gasteiger partial charge on any atom is 0.403 e. The third kappa shape index (κ3) is 3.69. The Bertz CT molecular complexity index is 691. The molecule has 1 aromatic heterocycles. The zero-order valence-electron chi connectivity index (χ0n) is 13.2. The number of rotatable bonds is 6. The van der Waals surface area contributed by atoms with Gasteiger partial charge in [-0.2, -0.15) is 13.2 Å². The molecule has 0 amide bonds. The summed E-state index contributed by atoms with van der Waals surface area (Å²) < 4.78 is 38.9. The molecular weight excluding hydrogens is 305 g/mol. The number of phenolic OH excluding ortho intramolecular Hbond substituents is 1. The number of fused-ring (bicyclic) bond motifs is 1. The van der Waals surface area contributed by atoms with Gasteiger partial charge >= 0.3 is 6.18 Å². The summed E-state index contributed by atoms with van der Waals surface area (Å²) in [5, 5.41) is 10.7. The van der Waals surface area contributed by atoms with E-state index in [9.17, 15) is 18.3 Å². The van der Waals surface area contributed by atoms with E-state index >= 15 is 0 Å². The molecule has 0 saturated heterocycles. The number of benzene rings is 1. The second-order valence-corrected chi connectivity index (χ2v) is 5.68. The van der Waals surface area contributed by atoms with Gasteiger partial charge in [-0.1, -0.05) is 12.1 Å². The van der Waals surface area contributed by atoms with Crippen LogP contribution >= 0.6 is 0 Å². The number of nitrogens with one attached hydrogen (secondary N) is 1. The van der Waals surface area contributed by atoms with Gasteiger partial charge in [-0.15, -0.1) is 6.58 Å². The lowest BCUT2D eigenvalue weighted by atomic mass is 10.1. The van der Waals surface area contributed by atoms with E-state index in [4.69, 9.17) is 0 Å². The van der Waals surface area contributed by atoms with E-state index in [2.05, 4.69) is 11.6 Å². The lowest BCUT2D eigenvalue weighted by Gasteiger charge is -2.29. The number of aryl methyl sites for hydroxylation is 1. The Kier molecular flexibility index (Phi) is 5.04. The Labute approximate surface area is 133 Å². The number of aromatic nitrogens is 1. The van der Waals surface area contributed by atoms with Gasteiger partial charge in [0.05, 0.1) is 0 Å². The van der Waals surface area contributed by atoms with Crippen molar-refractivity contribution in [2.45, 2.75) is 32.5 Å². The fraction of sp³-hybridized carbons (Fsp3) is 0.412. The average molecular weight is 326 g/mol. The Morgan fingerprint density at radius 1 is 1.39 bits per heavy atom. The molecule has 0 fully saturated rings. The second kappa shape index (κ2) is 6.66. The summed E-state index contributed by atoms with van der Waals surface area (Å²) in [6.07, 6.45) is -2.39. The number of H-pyrrole nitrogens is 1. The lowest BCUT2D eigenvalue weighted by Crippen LogP contribution is -2.44. The molecule has 1 aromatic carbocycles. The van der Waals surface area contributed by atoms with Crippen LogP contribution in [0.1, 0.15) is 18.2 Å². The summed E-state index contributed by atoms with van der Waals surface area (Å²) in [5.74, 6) is 0.140. The van der Waals surface area contributed by atoms with E-state index in [0.29, 0.717) is 11.8 Å². The number of phenols is 1. The van der Waals surface area contributed by atoms with Gasteiger partial charge in [0.15, 0.2) is 0 Å². The van der Waals surface area contributed by atoms with Crippen LogP contribution in [0.3, 0.4) is 0 Å². The third-order valence-corrected chi connectivity index (χ3v) is 4.15. The van der Waals surface area contributed by atoms with Gasteiger partial charge in [0.25, 0.3) is 0 Å². The molecule has 1 heterocycles. The van der Waals surface area contributed by atoms with Crippen LogP contribution in [0.25, 0.3) is 10.9 Å². The monoisotopic (exact) mass is 326 g/mol. The van der Waals surface area contributed by atoms with Crippen molar-refractivity contribution in [3.05, 3.63) is 42.1 Å². The Hall–Kier alpha value is -1.95. The van der Waals surface area contributed by atoms with Crippen molar-refractivity contribution in [3.63, 3.8) is 0 Å². The first kappa shape index (κ1) is 17.4. The van der Waals surface area contributed by atoms with Gasteiger partial charge in [0, 0.05) is 29.7 Å². The van der Waals surface area contributed by atoms with Gasteiger partial charge < -0.3 is 10.1 Å². The van der Waals surface area contributed by atoms with Crippen LogP contribution in [0.4, 0.5) is 13.2 Å². The summed E-state index contributed by atoms with van der Waals surface area (Å²) in [7, 11) is 0. The van der Waals surface area contributed by atoms with E-state index < -0.39 is 12.2 Å². The van der Waals surface area contributed by atoms with Gasteiger partial charge in [0.1, 0.15) is 11.8 Å². The molecule has 2 rings (SSSR count).